The van der Waals surface area contributed by atoms with Crippen molar-refractivity contribution in [3.63, 3.8) is 0 Å². The van der Waals surface area contributed by atoms with Gasteiger partial charge in [-0.1, -0.05) is 48.5 Å². The van der Waals surface area contributed by atoms with Crippen molar-refractivity contribution in [3.8, 4) is 16.3 Å². The van der Waals surface area contributed by atoms with Gasteiger partial charge in [0.05, 0.1) is 15.9 Å². The van der Waals surface area contributed by atoms with E-state index in [1.807, 2.05) is 60.8 Å². The van der Waals surface area contributed by atoms with Gasteiger partial charge in [-0.15, -0.1) is 11.3 Å². The van der Waals surface area contributed by atoms with Crippen LogP contribution in [-0.4, -0.2) is 11.2 Å². The molecule has 0 aliphatic rings. The molecule has 4 heteroatoms. The van der Waals surface area contributed by atoms with Gasteiger partial charge in [0.1, 0.15) is 17.4 Å². The van der Waals surface area contributed by atoms with Crippen molar-refractivity contribution < 1.29 is 4.74 Å². The Bertz CT molecular complexity index is 1370. The van der Waals surface area contributed by atoms with Crippen LogP contribution in [0.4, 0.5) is 5.69 Å². The number of benzene rings is 4. The van der Waals surface area contributed by atoms with Crippen LogP contribution in [0.2, 0.25) is 0 Å². The van der Waals surface area contributed by atoms with Crippen LogP contribution in [0.5, 0.6) is 5.75 Å². The first-order valence-electron chi connectivity index (χ1n) is 10.5. The predicted molar refractivity (Wildman–Crippen MR) is 134 cm³/mol. The summed E-state index contributed by atoms with van der Waals surface area (Å²) in [5.41, 5.74) is 6.47. The number of rotatable bonds is 6. The zero-order valence-corrected chi connectivity index (χ0v) is 18.5. The molecule has 3 nitrogen and oxygen atoms in total. The summed E-state index contributed by atoms with van der Waals surface area (Å²) in [6.07, 6.45) is 1.87. The number of ether oxygens (including phenoxy) is 1. The Kier molecular flexibility index (Phi) is 5.77. The molecule has 156 valence electrons. The third kappa shape index (κ3) is 4.76. The van der Waals surface area contributed by atoms with Gasteiger partial charge in [0, 0.05) is 11.8 Å². The number of nitrogens with zero attached hydrogens (tertiary/aromatic N) is 2. The summed E-state index contributed by atoms with van der Waals surface area (Å²) in [7, 11) is 0. The first-order valence-corrected chi connectivity index (χ1v) is 11.3. The first-order chi connectivity index (χ1) is 15.7. The third-order valence-corrected chi connectivity index (χ3v) is 6.19. The van der Waals surface area contributed by atoms with Crippen LogP contribution in [0, 0.1) is 6.92 Å². The molecule has 0 spiro atoms. The van der Waals surface area contributed by atoms with Gasteiger partial charge in [-0.3, -0.25) is 4.99 Å². The molecule has 5 aromatic rings. The number of fused-ring (bicyclic) bond motifs is 1. The zero-order chi connectivity index (χ0) is 21.8. The molecule has 1 heterocycles. The molecule has 0 radical (unpaired) electrons. The lowest BCUT2D eigenvalue weighted by Crippen LogP contribution is -1.95. The highest BCUT2D eigenvalue weighted by Gasteiger charge is 2.06. The number of hydrogen-bond donors (Lipinski definition) is 0. The Hall–Kier alpha value is -3.76. The van der Waals surface area contributed by atoms with Crippen molar-refractivity contribution in [3.05, 3.63) is 114 Å². The Labute approximate surface area is 191 Å². The van der Waals surface area contributed by atoms with Gasteiger partial charge in [-0.05, 0) is 72.1 Å². The molecule has 0 fully saturated rings. The molecule has 0 saturated heterocycles. The molecule has 0 aliphatic carbocycles. The number of hydrogen-bond acceptors (Lipinski definition) is 4. The summed E-state index contributed by atoms with van der Waals surface area (Å²) in [6, 6.07) is 32.7. The second kappa shape index (κ2) is 9.16. The molecule has 5 rings (SSSR count). The first kappa shape index (κ1) is 20.2. The Morgan fingerprint density at radius 3 is 2.56 bits per heavy atom. The molecule has 1 aromatic heterocycles. The fourth-order valence-corrected chi connectivity index (χ4v) is 4.49. The van der Waals surface area contributed by atoms with Crippen molar-refractivity contribution in [2.24, 2.45) is 4.99 Å². The molecule has 0 atom stereocenters. The van der Waals surface area contributed by atoms with Gasteiger partial charge < -0.3 is 4.74 Å². The van der Waals surface area contributed by atoms with E-state index < -0.39 is 0 Å². The molecular weight excluding hydrogens is 412 g/mol. The minimum atomic E-state index is 0.550. The van der Waals surface area contributed by atoms with Crippen LogP contribution in [0.15, 0.2) is 102 Å². The Morgan fingerprint density at radius 2 is 1.72 bits per heavy atom. The number of aromatic nitrogens is 1. The highest BCUT2D eigenvalue weighted by atomic mass is 32.1. The van der Waals surface area contributed by atoms with Crippen molar-refractivity contribution in [1.82, 2.24) is 4.98 Å². The summed E-state index contributed by atoms with van der Waals surface area (Å²) >= 11 is 1.72. The van der Waals surface area contributed by atoms with E-state index in [0.717, 1.165) is 38.7 Å². The van der Waals surface area contributed by atoms with Crippen LogP contribution < -0.4 is 4.74 Å². The molecular formula is C28H22N2OS. The van der Waals surface area contributed by atoms with E-state index in [-0.39, 0.29) is 0 Å². The SMILES string of the molecule is Cc1ccc2nc(-c3ccc(N=Cc4cccc(OCc5ccccc5)c4)cc3)sc2c1. The summed E-state index contributed by atoms with van der Waals surface area (Å²) < 4.78 is 7.13. The molecule has 4 aromatic carbocycles. The van der Waals surface area contributed by atoms with Crippen LogP contribution in [-0.2, 0) is 6.61 Å². The van der Waals surface area contributed by atoms with Crippen LogP contribution in [0.3, 0.4) is 0 Å². The van der Waals surface area contributed by atoms with Crippen LogP contribution >= 0.6 is 11.3 Å². The van der Waals surface area contributed by atoms with Gasteiger partial charge in [0.2, 0.25) is 0 Å². The van der Waals surface area contributed by atoms with Crippen molar-refractivity contribution in [2.45, 2.75) is 13.5 Å². The Balaban J connectivity index is 1.27. The summed E-state index contributed by atoms with van der Waals surface area (Å²) in [5.74, 6) is 0.833. The molecule has 0 amide bonds. The van der Waals surface area contributed by atoms with Gasteiger partial charge in [0.25, 0.3) is 0 Å². The largest absolute Gasteiger partial charge is 0.489 e. The monoisotopic (exact) mass is 434 g/mol. The molecule has 0 N–H and O–H groups in total. The fourth-order valence-electron chi connectivity index (χ4n) is 3.42. The third-order valence-electron chi connectivity index (χ3n) is 5.13. The summed E-state index contributed by atoms with van der Waals surface area (Å²) in [6.45, 7) is 2.66. The van der Waals surface area contributed by atoms with Gasteiger partial charge in [0.15, 0.2) is 0 Å². The smallest absolute Gasteiger partial charge is 0.124 e. The van der Waals surface area contributed by atoms with Crippen molar-refractivity contribution in [1.29, 1.82) is 0 Å². The normalized spacial score (nSPS) is 11.3. The summed E-state index contributed by atoms with van der Waals surface area (Å²) in [5, 5.41) is 1.03. The van der Waals surface area contributed by atoms with E-state index in [2.05, 4.69) is 54.4 Å². The average Bonchev–Trinajstić information content (AvgIpc) is 3.26. The van der Waals surface area contributed by atoms with E-state index in [4.69, 9.17) is 9.72 Å². The second-order valence-corrected chi connectivity index (χ2v) is 8.67. The maximum absolute atomic E-state index is 5.91. The lowest BCUT2D eigenvalue weighted by atomic mass is 10.2. The average molecular weight is 435 g/mol. The number of thiazole rings is 1. The molecule has 32 heavy (non-hydrogen) atoms. The Morgan fingerprint density at radius 1 is 0.875 bits per heavy atom. The minimum Gasteiger partial charge on any atom is -0.489 e. The van der Waals surface area contributed by atoms with Gasteiger partial charge in [-0.25, -0.2) is 4.98 Å². The van der Waals surface area contributed by atoms with Crippen LogP contribution in [0.25, 0.3) is 20.8 Å². The van der Waals surface area contributed by atoms with Crippen molar-refractivity contribution in [2.75, 3.05) is 0 Å². The number of aryl methyl sites for hydroxylation is 1. The van der Waals surface area contributed by atoms with E-state index in [0.29, 0.717) is 6.61 Å². The molecule has 0 bridgehead atoms. The highest BCUT2D eigenvalue weighted by molar-refractivity contribution is 7.21. The fraction of sp³-hybridized carbons (Fsp3) is 0.0714. The molecule has 0 aliphatic heterocycles. The standard InChI is InChI=1S/C28H22N2OS/c1-20-10-15-26-27(16-20)32-28(30-26)23-11-13-24(14-12-23)29-18-22-8-5-9-25(17-22)31-19-21-6-3-2-4-7-21/h2-18H,19H2,1H3. The lowest BCUT2D eigenvalue weighted by Gasteiger charge is -2.06. The molecule has 0 saturated carbocycles. The topological polar surface area (TPSA) is 34.5 Å². The predicted octanol–water partition coefficient (Wildman–Crippen LogP) is 7.60. The quantitative estimate of drug-likeness (QED) is 0.258. The van der Waals surface area contributed by atoms with Gasteiger partial charge >= 0.3 is 0 Å². The highest BCUT2D eigenvalue weighted by Crippen LogP contribution is 2.31. The lowest BCUT2D eigenvalue weighted by molar-refractivity contribution is 0.306. The zero-order valence-electron chi connectivity index (χ0n) is 17.7. The van der Waals surface area contributed by atoms with Gasteiger partial charge in [-0.2, -0.15) is 0 Å². The van der Waals surface area contributed by atoms with E-state index in [1.165, 1.54) is 10.3 Å². The van der Waals surface area contributed by atoms with E-state index >= 15 is 0 Å². The number of aliphatic imine (C=N–C) groups is 1. The second-order valence-electron chi connectivity index (χ2n) is 7.64. The maximum atomic E-state index is 5.91. The summed E-state index contributed by atoms with van der Waals surface area (Å²) in [4.78, 5) is 9.39. The van der Waals surface area contributed by atoms with Crippen molar-refractivity contribution >= 4 is 33.5 Å². The van der Waals surface area contributed by atoms with Crippen LogP contribution in [0.1, 0.15) is 16.7 Å². The minimum absolute atomic E-state index is 0.550. The van der Waals surface area contributed by atoms with E-state index in [9.17, 15) is 0 Å². The molecule has 0 unspecified atom stereocenters. The van der Waals surface area contributed by atoms with E-state index in [1.54, 1.807) is 11.3 Å². The maximum Gasteiger partial charge on any atom is 0.124 e.